The van der Waals surface area contributed by atoms with E-state index in [-0.39, 0.29) is 17.7 Å². The van der Waals surface area contributed by atoms with Crippen LogP contribution in [0.3, 0.4) is 0 Å². The number of likely N-dealkylation sites (N-methyl/N-ethyl adjacent to an activating group) is 1. The number of aliphatic carboxylic acids is 1. The van der Waals surface area contributed by atoms with Gasteiger partial charge in [0.2, 0.25) is 5.91 Å². The highest BCUT2D eigenvalue weighted by molar-refractivity contribution is 8.18. The number of hydrogen-bond donors (Lipinski definition) is 3. The highest BCUT2D eigenvalue weighted by Gasteiger charge is 2.38. The number of benzene rings is 2. The van der Waals surface area contributed by atoms with E-state index in [9.17, 15) is 22.8 Å². The number of carbonyl (C=O) groups is 3. The van der Waals surface area contributed by atoms with Gasteiger partial charge in [0, 0.05) is 55.1 Å². The van der Waals surface area contributed by atoms with E-state index in [1.54, 1.807) is 18.2 Å². The van der Waals surface area contributed by atoms with Crippen molar-refractivity contribution >= 4 is 80.4 Å². The molecule has 5 rings (SSSR count). The van der Waals surface area contributed by atoms with Gasteiger partial charge in [-0.15, -0.1) is 0 Å². The second-order valence-corrected chi connectivity index (χ2v) is 11.9. The number of halogens is 4. The molecule has 2 saturated heterocycles. The molecule has 0 spiro atoms. The number of hydrogen-bond acceptors (Lipinski definition) is 8. The SMILES string of the molecule is CC(C)C(=O)Nc1ccc(Cl)c(N=C2NC(=O)C(=Cc3ccc4nccc(N5CCN(C)CC5)c4c3)S2)c1.O=C(O)C(F)(F)F. The van der Waals surface area contributed by atoms with E-state index in [2.05, 4.69) is 49.6 Å². The molecule has 0 atom stereocenters. The lowest BCUT2D eigenvalue weighted by atomic mass is 10.1. The molecule has 15 heteroatoms. The van der Waals surface area contributed by atoms with Gasteiger partial charge >= 0.3 is 12.1 Å². The van der Waals surface area contributed by atoms with Crippen molar-refractivity contribution in [3.63, 3.8) is 0 Å². The van der Waals surface area contributed by atoms with E-state index >= 15 is 0 Å². The first-order valence-corrected chi connectivity index (χ1v) is 14.9. The van der Waals surface area contributed by atoms with Crippen molar-refractivity contribution in [1.29, 1.82) is 0 Å². The highest BCUT2D eigenvalue weighted by Crippen LogP contribution is 2.34. The number of amides is 2. The number of rotatable bonds is 5. The third-order valence-corrected chi connectivity index (χ3v) is 7.97. The Morgan fingerprint density at radius 1 is 1.13 bits per heavy atom. The van der Waals surface area contributed by atoms with Crippen LogP contribution in [-0.2, 0) is 14.4 Å². The van der Waals surface area contributed by atoms with Crippen molar-refractivity contribution in [3.05, 3.63) is 64.2 Å². The molecule has 10 nitrogen and oxygen atoms in total. The summed E-state index contributed by atoms with van der Waals surface area (Å²) in [6.07, 6.45) is -1.37. The van der Waals surface area contributed by atoms with Crippen molar-refractivity contribution in [2.45, 2.75) is 20.0 Å². The molecular weight excluding hydrogens is 633 g/mol. The molecule has 2 aromatic carbocycles. The zero-order chi connectivity index (χ0) is 32.9. The predicted octanol–water partition coefficient (Wildman–Crippen LogP) is 5.76. The Kier molecular flexibility index (Phi) is 10.7. The minimum Gasteiger partial charge on any atom is -0.475 e. The lowest BCUT2D eigenvalue weighted by Crippen LogP contribution is -2.44. The first-order valence-electron chi connectivity index (χ1n) is 13.7. The molecule has 2 fully saturated rings. The number of fused-ring (bicyclic) bond motifs is 1. The fraction of sp³-hybridized carbons (Fsp3) is 0.300. The standard InChI is InChI=1S/C28H29ClN6O2S.C2HF3O2/c1-17(2)26(36)31-19-5-6-21(29)23(16-19)32-28-33-27(37)25(38-28)15-18-4-7-22-20(14-18)24(8-9-30-22)35-12-10-34(3)11-13-35;3-2(4,5)1(6)7/h4-9,14-17H,10-13H2,1-3H3,(H,31,36)(H,32,33,37);(H,6,7). The monoisotopic (exact) mass is 662 g/mol. The lowest BCUT2D eigenvalue weighted by Gasteiger charge is -2.34. The Morgan fingerprint density at radius 3 is 2.47 bits per heavy atom. The summed E-state index contributed by atoms with van der Waals surface area (Å²) in [7, 11) is 2.14. The number of pyridine rings is 1. The zero-order valence-electron chi connectivity index (χ0n) is 24.5. The van der Waals surface area contributed by atoms with Gasteiger partial charge < -0.3 is 25.5 Å². The second-order valence-electron chi connectivity index (χ2n) is 10.5. The number of nitrogens with one attached hydrogen (secondary N) is 2. The van der Waals surface area contributed by atoms with Crippen LogP contribution in [0, 0.1) is 5.92 Å². The van der Waals surface area contributed by atoms with Gasteiger partial charge in [0.05, 0.1) is 21.1 Å². The van der Waals surface area contributed by atoms with E-state index in [1.807, 2.05) is 38.3 Å². The van der Waals surface area contributed by atoms with Crippen molar-refractivity contribution < 1.29 is 32.7 Å². The molecule has 2 aliphatic rings. The van der Waals surface area contributed by atoms with Crippen molar-refractivity contribution in [1.82, 2.24) is 15.2 Å². The number of anilines is 2. The molecule has 0 radical (unpaired) electrons. The van der Waals surface area contributed by atoms with E-state index in [0.717, 1.165) is 48.3 Å². The fourth-order valence-corrected chi connectivity index (χ4v) is 5.26. The second kappa shape index (κ2) is 14.3. The number of carbonyl (C=O) groups excluding carboxylic acids is 2. The van der Waals surface area contributed by atoms with E-state index in [1.165, 1.54) is 11.8 Å². The van der Waals surface area contributed by atoms with Crippen LogP contribution in [0.2, 0.25) is 5.02 Å². The Balaban J connectivity index is 0.000000591. The summed E-state index contributed by atoms with van der Waals surface area (Å²) < 4.78 is 31.7. The summed E-state index contributed by atoms with van der Waals surface area (Å²) in [6, 6.07) is 13.2. The Bertz CT molecular complexity index is 1670. The van der Waals surface area contributed by atoms with E-state index < -0.39 is 12.1 Å². The Morgan fingerprint density at radius 2 is 1.82 bits per heavy atom. The number of amidine groups is 1. The van der Waals surface area contributed by atoms with Crippen molar-refractivity contribution in [3.8, 4) is 0 Å². The molecule has 3 N–H and O–H groups in total. The van der Waals surface area contributed by atoms with Crippen LogP contribution in [0.5, 0.6) is 0 Å². The van der Waals surface area contributed by atoms with Crippen LogP contribution < -0.4 is 15.5 Å². The largest absolute Gasteiger partial charge is 0.490 e. The number of aliphatic imine (C=N–C) groups is 1. The molecule has 2 amide bonds. The van der Waals surface area contributed by atoms with Gasteiger partial charge in [-0.2, -0.15) is 13.2 Å². The number of carboxylic acid groups (broad SMARTS) is 1. The minimum atomic E-state index is -5.08. The summed E-state index contributed by atoms with van der Waals surface area (Å²) in [5.74, 6) is -3.23. The van der Waals surface area contributed by atoms with Gasteiger partial charge in [0.25, 0.3) is 5.91 Å². The smallest absolute Gasteiger partial charge is 0.475 e. The molecule has 0 unspecified atom stereocenters. The topological polar surface area (TPSA) is 127 Å². The quantitative estimate of drug-likeness (QED) is 0.295. The fourth-order valence-electron chi connectivity index (χ4n) is 4.27. The summed E-state index contributed by atoms with van der Waals surface area (Å²) in [4.78, 5) is 48.1. The Labute approximate surface area is 266 Å². The first kappa shape index (κ1) is 33.7. The maximum Gasteiger partial charge on any atom is 0.490 e. The molecule has 3 aromatic rings. The maximum atomic E-state index is 12.8. The highest BCUT2D eigenvalue weighted by atomic mass is 35.5. The average Bonchev–Trinajstić information content (AvgIpc) is 3.32. The third-order valence-electron chi connectivity index (χ3n) is 6.74. The van der Waals surface area contributed by atoms with Crippen LogP contribution in [-0.4, -0.2) is 77.3 Å². The molecule has 0 saturated carbocycles. The summed E-state index contributed by atoms with van der Waals surface area (Å²) in [5, 5.41) is 14.7. The van der Waals surface area contributed by atoms with Gasteiger partial charge in [-0.3, -0.25) is 14.6 Å². The number of alkyl halides is 3. The molecule has 3 heterocycles. The van der Waals surface area contributed by atoms with Crippen LogP contribution >= 0.6 is 23.4 Å². The number of carboxylic acids is 1. The molecule has 0 bridgehead atoms. The van der Waals surface area contributed by atoms with Crippen molar-refractivity contribution in [2.24, 2.45) is 10.9 Å². The van der Waals surface area contributed by atoms with Crippen LogP contribution in [0.25, 0.3) is 17.0 Å². The number of nitrogens with zero attached hydrogens (tertiary/aromatic N) is 4. The van der Waals surface area contributed by atoms with Gasteiger partial charge in [-0.25, -0.2) is 9.79 Å². The predicted molar refractivity (Wildman–Crippen MR) is 171 cm³/mol. The number of thioether (sulfide) groups is 1. The van der Waals surface area contributed by atoms with Crippen LogP contribution in [0.1, 0.15) is 19.4 Å². The van der Waals surface area contributed by atoms with E-state index in [4.69, 9.17) is 21.5 Å². The Hall–Kier alpha value is -4.14. The summed E-state index contributed by atoms with van der Waals surface area (Å²) in [6.45, 7) is 7.61. The summed E-state index contributed by atoms with van der Waals surface area (Å²) >= 11 is 7.60. The summed E-state index contributed by atoms with van der Waals surface area (Å²) in [5.41, 5.74) is 4.06. The van der Waals surface area contributed by atoms with Gasteiger partial charge in [-0.05, 0) is 66.8 Å². The van der Waals surface area contributed by atoms with Crippen molar-refractivity contribution in [2.75, 3.05) is 43.4 Å². The van der Waals surface area contributed by atoms with Gasteiger partial charge in [0.15, 0.2) is 5.17 Å². The first-order chi connectivity index (χ1) is 21.2. The van der Waals surface area contributed by atoms with Gasteiger partial charge in [-0.1, -0.05) is 31.5 Å². The lowest BCUT2D eigenvalue weighted by molar-refractivity contribution is -0.192. The number of aromatic nitrogens is 1. The minimum absolute atomic E-state index is 0.0962. The van der Waals surface area contributed by atoms with Gasteiger partial charge in [0.1, 0.15) is 0 Å². The number of piperazine rings is 1. The normalized spacial score (nSPS) is 17.4. The third kappa shape index (κ3) is 8.96. The molecule has 2 aliphatic heterocycles. The molecule has 238 valence electrons. The van der Waals surface area contributed by atoms with Crippen LogP contribution in [0.15, 0.2) is 58.6 Å². The molecule has 45 heavy (non-hydrogen) atoms. The average molecular weight is 663 g/mol. The van der Waals surface area contributed by atoms with E-state index in [0.29, 0.717) is 26.5 Å². The maximum absolute atomic E-state index is 12.8. The molecule has 1 aromatic heterocycles. The zero-order valence-corrected chi connectivity index (χ0v) is 26.1. The molecule has 0 aliphatic carbocycles. The molecular formula is C30H30ClF3N6O4S. The van der Waals surface area contributed by atoms with Crippen LogP contribution in [0.4, 0.5) is 30.2 Å².